The molecule has 122 valence electrons. The van der Waals surface area contributed by atoms with E-state index >= 15 is 0 Å². The molecule has 1 fully saturated rings. The lowest BCUT2D eigenvalue weighted by molar-refractivity contribution is -0.122. The van der Waals surface area contributed by atoms with Crippen molar-refractivity contribution < 1.29 is 13.2 Å². The van der Waals surface area contributed by atoms with Gasteiger partial charge in [-0.1, -0.05) is 24.3 Å². The molecule has 0 unspecified atom stereocenters. The van der Waals surface area contributed by atoms with Gasteiger partial charge < -0.3 is 10.6 Å². The third kappa shape index (κ3) is 3.03. The zero-order valence-corrected chi connectivity index (χ0v) is 13.8. The maximum atomic E-state index is 12.0. The fraction of sp³-hybridized carbons (Fsp3) is 0.353. The number of hydrogen-bond acceptors (Lipinski definition) is 4. The Bertz CT molecular complexity index is 853. The highest BCUT2D eigenvalue weighted by atomic mass is 32.2. The van der Waals surface area contributed by atoms with Crippen LogP contribution in [-0.4, -0.2) is 33.7 Å². The van der Waals surface area contributed by atoms with E-state index in [1.807, 2.05) is 30.3 Å². The molecule has 1 aliphatic heterocycles. The van der Waals surface area contributed by atoms with Gasteiger partial charge in [0.1, 0.15) is 0 Å². The van der Waals surface area contributed by atoms with Gasteiger partial charge in [0.05, 0.1) is 4.90 Å². The number of hydrogen-bond donors (Lipinski definition) is 1. The summed E-state index contributed by atoms with van der Waals surface area (Å²) in [4.78, 5) is 13.9. The van der Waals surface area contributed by atoms with Gasteiger partial charge in [0.15, 0.2) is 9.84 Å². The summed E-state index contributed by atoms with van der Waals surface area (Å²) in [6.45, 7) is 1.49. The van der Waals surface area contributed by atoms with Gasteiger partial charge in [-0.2, -0.15) is 0 Å². The van der Waals surface area contributed by atoms with Crippen molar-refractivity contribution >= 4 is 32.2 Å². The fourth-order valence-electron chi connectivity index (χ4n) is 3.26. The van der Waals surface area contributed by atoms with Crippen LogP contribution in [0.2, 0.25) is 0 Å². The highest BCUT2D eigenvalue weighted by Gasteiger charge is 2.24. The lowest BCUT2D eigenvalue weighted by Crippen LogP contribution is -2.38. The summed E-state index contributed by atoms with van der Waals surface area (Å²) in [5, 5.41) is 1.66. The van der Waals surface area contributed by atoms with Crippen molar-refractivity contribution in [3.05, 3.63) is 36.4 Å². The Morgan fingerprint density at radius 1 is 1.09 bits per heavy atom. The monoisotopic (exact) mass is 332 g/mol. The molecule has 0 aromatic heterocycles. The number of fused-ring (bicyclic) bond motifs is 1. The molecule has 1 heterocycles. The lowest BCUT2D eigenvalue weighted by Gasteiger charge is -2.33. The Morgan fingerprint density at radius 2 is 1.70 bits per heavy atom. The Morgan fingerprint density at radius 3 is 2.26 bits per heavy atom. The molecule has 1 saturated heterocycles. The SMILES string of the molecule is CS(=O)(=O)c1ccc(N2CCC(C(N)=O)CC2)c2ccccc12. The van der Waals surface area contributed by atoms with E-state index in [1.165, 1.54) is 6.26 Å². The molecule has 1 aliphatic rings. The molecule has 23 heavy (non-hydrogen) atoms. The number of nitrogens with two attached hydrogens (primary N) is 1. The minimum absolute atomic E-state index is 0.0622. The van der Waals surface area contributed by atoms with E-state index < -0.39 is 9.84 Å². The first-order chi connectivity index (χ1) is 10.9. The zero-order valence-electron chi connectivity index (χ0n) is 13.0. The normalized spacial score (nSPS) is 16.7. The van der Waals surface area contributed by atoms with Gasteiger partial charge >= 0.3 is 0 Å². The number of benzene rings is 2. The minimum Gasteiger partial charge on any atom is -0.371 e. The molecule has 0 spiro atoms. The number of amides is 1. The number of sulfone groups is 1. The Labute approximate surface area is 136 Å². The second-order valence-corrected chi connectivity index (χ2v) is 8.05. The van der Waals surface area contributed by atoms with Crippen molar-refractivity contribution in [1.82, 2.24) is 0 Å². The number of anilines is 1. The molecule has 2 N–H and O–H groups in total. The minimum atomic E-state index is -3.28. The summed E-state index contributed by atoms with van der Waals surface area (Å²) in [5.41, 5.74) is 6.40. The fourth-order valence-corrected chi connectivity index (χ4v) is 4.15. The standard InChI is InChI=1S/C17H20N2O3S/c1-23(21,22)16-7-6-15(13-4-2-3-5-14(13)16)19-10-8-12(9-11-19)17(18)20/h2-7,12H,8-11H2,1H3,(H2,18,20). The van der Waals surface area contributed by atoms with E-state index in [9.17, 15) is 13.2 Å². The summed E-state index contributed by atoms with van der Waals surface area (Å²) < 4.78 is 24.0. The molecule has 3 rings (SSSR count). The predicted octanol–water partition coefficient (Wildman–Crippen LogP) is 1.94. The van der Waals surface area contributed by atoms with Gasteiger partial charge in [0.25, 0.3) is 0 Å². The summed E-state index contributed by atoms with van der Waals surface area (Å²) in [6.07, 6.45) is 2.70. The van der Waals surface area contributed by atoms with Crippen LogP contribution in [0.5, 0.6) is 0 Å². The topological polar surface area (TPSA) is 80.5 Å². The Balaban J connectivity index is 2.02. The zero-order chi connectivity index (χ0) is 16.6. The second-order valence-electron chi connectivity index (χ2n) is 6.06. The van der Waals surface area contributed by atoms with Crippen LogP contribution in [0, 0.1) is 5.92 Å². The van der Waals surface area contributed by atoms with E-state index in [1.54, 1.807) is 6.07 Å². The average molecular weight is 332 g/mol. The van der Waals surface area contributed by atoms with Crippen LogP contribution < -0.4 is 10.6 Å². The van der Waals surface area contributed by atoms with Crippen molar-refractivity contribution in [2.75, 3.05) is 24.2 Å². The van der Waals surface area contributed by atoms with Gasteiger partial charge in [-0.15, -0.1) is 0 Å². The van der Waals surface area contributed by atoms with Crippen LogP contribution in [0.25, 0.3) is 10.8 Å². The second kappa shape index (κ2) is 5.85. The first kappa shape index (κ1) is 15.8. The first-order valence-corrected chi connectivity index (χ1v) is 9.53. The lowest BCUT2D eigenvalue weighted by atomic mass is 9.95. The van der Waals surface area contributed by atoms with E-state index in [0.29, 0.717) is 4.90 Å². The van der Waals surface area contributed by atoms with Gasteiger partial charge in [-0.3, -0.25) is 4.79 Å². The molecule has 0 radical (unpaired) electrons. The number of primary amides is 1. The Hall–Kier alpha value is -2.08. The van der Waals surface area contributed by atoms with Crippen LogP contribution in [0.4, 0.5) is 5.69 Å². The molecule has 2 aromatic carbocycles. The molecule has 6 heteroatoms. The summed E-state index contributed by atoms with van der Waals surface area (Å²) in [7, 11) is -3.28. The number of piperidine rings is 1. The number of carbonyl (C=O) groups excluding carboxylic acids is 1. The van der Waals surface area contributed by atoms with Crippen molar-refractivity contribution in [3.63, 3.8) is 0 Å². The van der Waals surface area contributed by atoms with Crippen molar-refractivity contribution in [1.29, 1.82) is 0 Å². The maximum absolute atomic E-state index is 12.0. The van der Waals surface area contributed by atoms with E-state index in [2.05, 4.69) is 4.90 Å². The van der Waals surface area contributed by atoms with Crippen LogP contribution >= 0.6 is 0 Å². The maximum Gasteiger partial charge on any atom is 0.220 e. The van der Waals surface area contributed by atoms with Crippen molar-refractivity contribution in [2.45, 2.75) is 17.7 Å². The largest absolute Gasteiger partial charge is 0.371 e. The quantitative estimate of drug-likeness (QED) is 0.931. The predicted molar refractivity (Wildman–Crippen MR) is 91.2 cm³/mol. The first-order valence-electron chi connectivity index (χ1n) is 7.64. The van der Waals surface area contributed by atoms with Crippen LogP contribution in [0.3, 0.4) is 0 Å². The molecular weight excluding hydrogens is 312 g/mol. The van der Waals surface area contributed by atoms with Crippen molar-refractivity contribution in [3.8, 4) is 0 Å². The summed E-state index contributed by atoms with van der Waals surface area (Å²) >= 11 is 0. The molecular formula is C17H20N2O3S. The molecule has 2 aromatic rings. The van der Waals surface area contributed by atoms with Crippen LogP contribution in [0.1, 0.15) is 12.8 Å². The van der Waals surface area contributed by atoms with Gasteiger partial charge in [0, 0.05) is 41.7 Å². The Kier molecular flexibility index (Phi) is 4.02. The summed E-state index contributed by atoms with van der Waals surface area (Å²) in [5.74, 6) is -0.297. The van der Waals surface area contributed by atoms with Gasteiger partial charge in [-0.05, 0) is 25.0 Å². The highest BCUT2D eigenvalue weighted by Crippen LogP contribution is 2.33. The molecule has 5 nitrogen and oxygen atoms in total. The van der Waals surface area contributed by atoms with Crippen LogP contribution in [0.15, 0.2) is 41.3 Å². The van der Waals surface area contributed by atoms with E-state index in [-0.39, 0.29) is 11.8 Å². The van der Waals surface area contributed by atoms with E-state index in [4.69, 9.17) is 5.73 Å². The summed E-state index contributed by atoms with van der Waals surface area (Å²) in [6, 6.07) is 11.1. The molecule has 0 saturated carbocycles. The van der Waals surface area contributed by atoms with E-state index in [0.717, 1.165) is 42.4 Å². The number of rotatable bonds is 3. The molecule has 1 amide bonds. The number of carbonyl (C=O) groups is 1. The molecule has 0 atom stereocenters. The van der Waals surface area contributed by atoms with Crippen molar-refractivity contribution in [2.24, 2.45) is 11.7 Å². The third-order valence-electron chi connectivity index (χ3n) is 4.50. The third-order valence-corrected chi connectivity index (χ3v) is 5.65. The van der Waals surface area contributed by atoms with Gasteiger partial charge in [0.2, 0.25) is 5.91 Å². The van der Waals surface area contributed by atoms with Crippen LogP contribution in [-0.2, 0) is 14.6 Å². The number of nitrogens with zero attached hydrogens (tertiary/aromatic N) is 1. The van der Waals surface area contributed by atoms with Gasteiger partial charge in [-0.25, -0.2) is 8.42 Å². The smallest absolute Gasteiger partial charge is 0.220 e. The highest BCUT2D eigenvalue weighted by molar-refractivity contribution is 7.91. The molecule has 0 aliphatic carbocycles. The average Bonchev–Trinajstić information content (AvgIpc) is 2.53. The molecule has 0 bridgehead atoms.